The average Bonchev–Trinajstić information content (AvgIpc) is 3.17. The molecule has 0 bridgehead atoms. The van der Waals surface area contributed by atoms with Crippen LogP contribution in [0.3, 0.4) is 0 Å². The number of hydrazine groups is 1. The molecule has 0 fully saturated rings. The third-order valence-corrected chi connectivity index (χ3v) is 4.21. The first kappa shape index (κ1) is 20.0. The molecular formula is C20H22N4O5. The summed E-state index contributed by atoms with van der Waals surface area (Å²) in [5.41, 5.74) is 7.88. The SMILES string of the molecule is Cc1ccc(NCC(=O)NNC(=O)CNC(=O)c2ccc3c(c2)OCO3)c(C)c1. The Morgan fingerprint density at radius 3 is 2.38 bits per heavy atom. The number of rotatable bonds is 6. The number of ether oxygens (including phenoxy) is 2. The number of hydrogen-bond acceptors (Lipinski definition) is 6. The first-order valence-electron chi connectivity index (χ1n) is 8.99. The average molecular weight is 398 g/mol. The Bertz CT molecular complexity index is 944. The molecule has 0 aliphatic carbocycles. The summed E-state index contributed by atoms with van der Waals surface area (Å²) in [4.78, 5) is 35.8. The van der Waals surface area contributed by atoms with E-state index < -0.39 is 17.7 Å². The molecule has 2 aromatic carbocycles. The molecule has 9 heteroatoms. The van der Waals surface area contributed by atoms with E-state index in [1.54, 1.807) is 12.1 Å². The van der Waals surface area contributed by atoms with Gasteiger partial charge < -0.3 is 20.1 Å². The highest BCUT2D eigenvalue weighted by molar-refractivity contribution is 5.97. The molecule has 4 N–H and O–H groups in total. The molecule has 152 valence electrons. The first-order valence-corrected chi connectivity index (χ1v) is 8.99. The molecule has 0 atom stereocenters. The third-order valence-electron chi connectivity index (χ3n) is 4.21. The molecular weight excluding hydrogens is 376 g/mol. The van der Waals surface area contributed by atoms with Crippen LogP contribution in [0.4, 0.5) is 5.69 Å². The van der Waals surface area contributed by atoms with E-state index in [2.05, 4.69) is 21.5 Å². The van der Waals surface area contributed by atoms with Gasteiger partial charge in [-0.05, 0) is 43.7 Å². The van der Waals surface area contributed by atoms with Gasteiger partial charge in [0.05, 0.1) is 13.1 Å². The fourth-order valence-corrected chi connectivity index (χ4v) is 2.72. The zero-order chi connectivity index (χ0) is 20.8. The number of benzene rings is 2. The van der Waals surface area contributed by atoms with Gasteiger partial charge in [0.2, 0.25) is 6.79 Å². The maximum Gasteiger partial charge on any atom is 0.257 e. The fraction of sp³-hybridized carbons (Fsp3) is 0.250. The Morgan fingerprint density at radius 1 is 0.897 bits per heavy atom. The molecule has 0 spiro atoms. The van der Waals surface area contributed by atoms with Crippen molar-refractivity contribution in [3.8, 4) is 11.5 Å². The van der Waals surface area contributed by atoms with Crippen LogP contribution in [-0.4, -0.2) is 37.6 Å². The number of fused-ring (bicyclic) bond motifs is 1. The molecule has 2 aromatic rings. The van der Waals surface area contributed by atoms with Crippen LogP contribution >= 0.6 is 0 Å². The lowest BCUT2D eigenvalue weighted by molar-refractivity contribution is -0.127. The van der Waals surface area contributed by atoms with E-state index in [9.17, 15) is 14.4 Å². The van der Waals surface area contributed by atoms with Gasteiger partial charge in [-0.15, -0.1) is 0 Å². The van der Waals surface area contributed by atoms with Crippen molar-refractivity contribution in [1.82, 2.24) is 16.2 Å². The van der Waals surface area contributed by atoms with Crippen molar-refractivity contribution in [3.05, 3.63) is 53.1 Å². The summed E-state index contributed by atoms with van der Waals surface area (Å²) in [6.07, 6.45) is 0. The molecule has 0 saturated heterocycles. The molecule has 29 heavy (non-hydrogen) atoms. The quantitative estimate of drug-likeness (QED) is 0.540. The number of nitrogens with one attached hydrogen (secondary N) is 4. The van der Waals surface area contributed by atoms with Crippen LogP contribution < -0.4 is 31.0 Å². The predicted octanol–water partition coefficient (Wildman–Crippen LogP) is 1.02. The van der Waals surface area contributed by atoms with Gasteiger partial charge in [-0.25, -0.2) is 0 Å². The van der Waals surface area contributed by atoms with Gasteiger partial charge >= 0.3 is 0 Å². The normalized spacial score (nSPS) is 11.5. The van der Waals surface area contributed by atoms with Gasteiger partial charge in [0, 0.05) is 11.3 Å². The van der Waals surface area contributed by atoms with E-state index in [0.29, 0.717) is 17.1 Å². The number of amides is 3. The van der Waals surface area contributed by atoms with Crippen molar-refractivity contribution in [2.24, 2.45) is 0 Å². The van der Waals surface area contributed by atoms with Crippen molar-refractivity contribution in [2.75, 3.05) is 25.2 Å². The van der Waals surface area contributed by atoms with Gasteiger partial charge in [0.1, 0.15) is 0 Å². The highest BCUT2D eigenvalue weighted by atomic mass is 16.7. The summed E-state index contributed by atoms with van der Waals surface area (Å²) < 4.78 is 10.4. The van der Waals surface area contributed by atoms with Crippen LogP contribution in [0.1, 0.15) is 21.5 Å². The summed E-state index contributed by atoms with van der Waals surface area (Å²) in [6.45, 7) is 3.74. The second-order valence-electron chi connectivity index (χ2n) is 6.52. The van der Waals surface area contributed by atoms with Crippen LogP contribution in [0.5, 0.6) is 11.5 Å². The molecule has 3 amide bonds. The second-order valence-corrected chi connectivity index (χ2v) is 6.52. The van der Waals surface area contributed by atoms with Crippen molar-refractivity contribution >= 4 is 23.4 Å². The number of hydrogen-bond donors (Lipinski definition) is 4. The molecule has 1 aliphatic rings. The van der Waals surface area contributed by atoms with Crippen LogP contribution in [0.25, 0.3) is 0 Å². The molecule has 0 radical (unpaired) electrons. The van der Waals surface area contributed by atoms with Crippen LogP contribution in [0.2, 0.25) is 0 Å². The van der Waals surface area contributed by atoms with Crippen molar-refractivity contribution in [2.45, 2.75) is 13.8 Å². The lowest BCUT2D eigenvalue weighted by atomic mass is 10.1. The van der Waals surface area contributed by atoms with E-state index in [1.807, 2.05) is 32.0 Å². The number of carbonyl (C=O) groups is 3. The second kappa shape index (κ2) is 8.96. The monoisotopic (exact) mass is 398 g/mol. The predicted molar refractivity (Wildman–Crippen MR) is 106 cm³/mol. The van der Waals surface area contributed by atoms with Gasteiger partial charge in [0.15, 0.2) is 11.5 Å². The van der Waals surface area contributed by atoms with E-state index in [1.165, 1.54) is 6.07 Å². The fourth-order valence-electron chi connectivity index (χ4n) is 2.72. The van der Waals surface area contributed by atoms with Crippen LogP contribution in [0, 0.1) is 13.8 Å². The molecule has 1 aliphatic heterocycles. The van der Waals surface area contributed by atoms with E-state index in [4.69, 9.17) is 9.47 Å². The summed E-state index contributed by atoms with van der Waals surface area (Å²) >= 11 is 0. The van der Waals surface area contributed by atoms with Crippen molar-refractivity contribution in [3.63, 3.8) is 0 Å². The Morgan fingerprint density at radius 2 is 1.62 bits per heavy atom. The summed E-state index contributed by atoms with van der Waals surface area (Å²) in [7, 11) is 0. The zero-order valence-corrected chi connectivity index (χ0v) is 16.1. The van der Waals surface area contributed by atoms with Crippen molar-refractivity contribution < 1.29 is 23.9 Å². The molecule has 9 nitrogen and oxygen atoms in total. The van der Waals surface area contributed by atoms with Crippen LogP contribution in [0.15, 0.2) is 36.4 Å². The lowest BCUT2D eigenvalue weighted by Gasteiger charge is -2.11. The Balaban J connectivity index is 1.38. The topological polar surface area (TPSA) is 118 Å². The highest BCUT2D eigenvalue weighted by Gasteiger charge is 2.16. The standard InChI is InChI=1S/C20H22N4O5/c1-12-3-5-15(13(2)7-12)21-9-18(25)23-24-19(26)10-22-20(27)14-4-6-16-17(8-14)29-11-28-16/h3-8,21H,9-11H2,1-2H3,(H,22,27)(H,23,25)(H,24,26). The molecule has 0 unspecified atom stereocenters. The number of aryl methyl sites for hydroxylation is 2. The number of anilines is 1. The Labute approximate surface area is 167 Å². The minimum atomic E-state index is -0.557. The molecule has 1 heterocycles. The van der Waals surface area contributed by atoms with E-state index in [-0.39, 0.29) is 19.9 Å². The maximum absolute atomic E-state index is 12.1. The Hall–Kier alpha value is -3.75. The van der Waals surface area contributed by atoms with E-state index >= 15 is 0 Å². The summed E-state index contributed by atoms with van der Waals surface area (Å²) in [5, 5.41) is 5.47. The lowest BCUT2D eigenvalue weighted by Crippen LogP contribution is -2.48. The maximum atomic E-state index is 12.1. The van der Waals surface area contributed by atoms with Gasteiger partial charge in [-0.1, -0.05) is 17.7 Å². The zero-order valence-electron chi connectivity index (χ0n) is 16.1. The molecule has 0 aromatic heterocycles. The number of carbonyl (C=O) groups excluding carboxylic acids is 3. The van der Waals surface area contributed by atoms with Crippen molar-refractivity contribution in [1.29, 1.82) is 0 Å². The molecule has 0 saturated carbocycles. The minimum Gasteiger partial charge on any atom is -0.454 e. The smallest absolute Gasteiger partial charge is 0.257 e. The molecule has 3 rings (SSSR count). The highest BCUT2D eigenvalue weighted by Crippen LogP contribution is 2.32. The first-order chi connectivity index (χ1) is 13.9. The van der Waals surface area contributed by atoms with Gasteiger partial charge in [-0.3, -0.25) is 25.2 Å². The largest absolute Gasteiger partial charge is 0.454 e. The third kappa shape index (κ3) is 5.38. The van der Waals surface area contributed by atoms with Gasteiger partial charge in [0.25, 0.3) is 17.7 Å². The van der Waals surface area contributed by atoms with Gasteiger partial charge in [-0.2, -0.15) is 0 Å². The summed E-state index contributed by atoms with van der Waals surface area (Å²) in [6, 6.07) is 10.6. The summed E-state index contributed by atoms with van der Waals surface area (Å²) in [5.74, 6) is -0.372. The minimum absolute atomic E-state index is 0.00621. The van der Waals surface area contributed by atoms with Crippen LogP contribution in [-0.2, 0) is 9.59 Å². The Kier molecular flexibility index (Phi) is 6.18. The van der Waals surface area contributed by atoms with E-state index in [0.717, 1.165) is 16.8 Å².